The van der Waals surface area contributed by atoms with Crippen molar-refractivity contribution in [2.45, 2.75) is 13.3 Å². The minimum absolute atomic E-state index is 0.677. The van der Waals surface area contributed by atoms with E-state index in [4.69, 9.17) is 4.74 Å². The third kappa shape index (κ3) is 1.84. The zero-order valence-corrected chi connectivity index (χ0v) is 10.3. The summed E-state index contributed by atoms with van der Waals surface area (Å²) in [5.41, 5.74) is 1.32. The maximum absolute atomic E-state index is 5.22. The van der Waals surface area contributed by atoms with E-state index in [1.165, 1.54) is 5.56 Å². The number of ether oxygens (including phenoxy) is 1. The molecule has 2 aromatic rings. The monoisotopic (exact) mass is 265 g/mol. The summed E-state index contributed by atoms with van der Waals surface area (Å²) in [5, 5.41) is 2.20. The number of rotatable bonds is 2. The van der Waals surface area contributed by atoms with Crippen molar-refractivity contribution in [1.29, 1.82) is 0 Å². The molecule has 78 valence electrons. The minimum Gasteiger partial charge on any atom is -0.481 e. The number of methoxy groups -OCH3 is 1. The third-order valence-corrected chi connectivity index (χ3v) is 3.10. The summed E-state index contributed by atoms with van der Waals surface area (Å²) in [4.78, 5) is 4.21. The molecule has 0 atom stereocenters. The Hall–Kier alpha value is -1.09. The number of halogens is 1. The molecule has 2 rings (SSSR count). The lowest BCUT2D eigenvalue weighted by Crippen LogP contribution is -1.90. The van der Waals surface area contributed by atoms with Crippen LogP contribution in [0.15, 0.2) is 28.9 Å². The molecule has 2 nitrogen and oxygen atoms in total. The van der Waals surface area contributed by atoms with Gasteiger partial charge in [0.05, 0.1) is 7.11 Å². The van der Waals surface area contributed by atoms with Crippen LogP contribution in [0.2, 0.25) is 0 Å². The van der Waals surface area contributed by atoms with Crippen LogP contribution in [0.4, 0.5) is 0 Å². The number of aryl methyl sites for hydroxylation is 1. The van der Waals surface area contributed by atoms with Crippen molar-refractivity contribution in [3.05, 3.63) is 34.4 Å². The highest BCUT2D eigenvalue weighted by molar-refractivity contribution is 9.10. The first kappa shape index (κ1) is 10.4. The van der Waals surface area contributed by atoms with Crippen molar-refractivity contribution in [2.24, 2.45) is 0 Å². The summed E-state index contributed by atoms with van der Waals surface area (Å²) >= 11 is 3.51. The molecule has 0 N–H and O–H groups in total. The summed E-state index contributed by atoms with van der Waals surface area (Å²) in [5.74, 6) is 0.677. The Balaban J connectivity index is 2.75. The van der Waals surface area contributed by atoms with E-state index < -0.39 is 0 Å². The van der Waals surface area contributed by atoms with E-state index >= 15 is 0 Å². The SMILES string of the molecule is CCc1ccc2c(OC)ncc(Br)c2c1. The number of fused-ring (bicyclic) bond motifs is 1. The molecule has 0 aliphatic heterocycles. The van der Waals surface area contributed by atoms with Gasteiger partial charge in [-0.3, -0.25) is 0 Å². The Morgan fingerprint density at radius 3 is 2.80 bits per heavy atom. The normalized spacial score (nSPS) is 10.6. The Kier molecular flexibility index (Phi) is 2.91. The van der Waals surface area contributed by atoms with Gasteiger partial charge in [-0.05, 0) is 40.0 Å². The minimum atomic E-state index is 0.677. The molecule has 0 aliphatic rings. The topological polar surface area (TPSA) is 22.1 Å². The Morgan fingerprint density at radius 2 is 2.13 bits per heavy atom. The molecule has 1 heterocycles. The van der Waals surface area contributed by atoms with Crippen LogP contribution in [0.1, 0.15) is 12.5 Å². The number of benzene rings is 1. The average molecular weight is 266 g/mol. The van der Waals surface area contributed by atoms with Crippen LogP contribution in [0.25, 0.3) is 10.8 Å². The van der Waals surface area contributed by atoms with E-state index in [-0.39, 0.29) is 0 Å². The highest BCUT2D eigenvalue weighted by atomic mass is 79.9. The molecule has 0 radical (unpaired) electrons. The fourth-order valence-electron chi connectivity index (χ4n) is 1.61. The quantitative estimate of drug-likeness (QED) is 0.829. The van der Waals surface area contributed by atoms with Crippen molar-refractivity contribution >= 4 is 26.7 Å². The maximum atomic E-state index is 5.22. The number of nitrogens with zero attached hydrogens (tertiary/aromatic N) is 1. The molecule has 0 saturated carbocycles. The van der Waals surface area contributed by atoms with Crippen LogP contribution >= 0.6 is 15.9 Å². The van der Waals surface area contributed by atoms with Crippen molar-refractivity contribution in [2.75, 3.05) is 7.11 Å². The fourth-order valence-corrected chi connectivity index (χ4v) is 2.04. The van der Waals surface area contributed by atoms with Crippen LogP contribution < -0.4 is 4.74 Å². The standard InChI is InChI=1S/C12H12BrNO/c1-3-8-4-5-9-10(6-8)11(13)7-14-12(9)15-2/h4-7H,3H2,1-2H3. The molecule has 0 unspecified atom stereocenters. The molecule has 0 saturated heterocycles. The number of pyridine rings is 1. The van der Waals surface area contributed by atoms with Gasteiger partial charge in [0.15, 0.2) is 0 Å². The van der Waals surface area contributed by atoms with Crippen molar-refractivity contribution < 1.29 is 4.74 Å². The van der Waals surface area contributed by atoms with E-state index in [2.05, 4.69) is 46.0 Å². The highest BCUT2D eigenvalue weighted by Crippen LogP contribution is 2.30. The molecule has 0 aliphatic carbocycles. The average Bonchev–Trinajstić information content (AvgIpc) is 2.29. The Labute approximate surface area is 97.4 Å². The summed E-state index contributed by atoms with van der Waals surface area (Å²) in [6.07, 6.45) is 2.81. The van der Waals surface area contributed by atoms with Crippen molar-refractivity contribution in [3.63, 3.8) is 0 Å². The summed E-state index contributed by atoms with van der Waals surface area (Å²) in [7, 11) is 1.64. The van der Waals surface area contributed by atoms with Crippen molar-refractivity contribution in [1.82, 2.24) is 4.98 Å². The van der Waals surface area contributed by atoms with Crippen LogP contribution in [-0.2, 0) is 6.42 Å². The van der Waals surface area contributed by atoms with Gasteiger partial charge in [0, 0.05) is 21.4 Å². The van der Waals surface area contributed by atoms with Gasteiger partial charge in [-0.1, -0.05) is 13.0 Å². The molecule has 1 aromatic heterocycles. The second kappa shape index (κ2) is 4.19. The van der Waals surface area contributed by atoms with Gasteiger partial charge in [-0.2, -0.15) is 0 Å². The van der Waals surface area contributed by atoms with Gasteiger partial charge in [0.2, 0.25) is 5.88 Å². The van der Waals surface area contributed by atoms with E-state index in [0.717, 1.165) is 21.7 Å². The van der Waals surface area contributed by atoms with E-state index in [0.29, 0.717) is 5.88 Å². The smallest absolute Gasteiger partial charge is 0.221 e. The fraction of sp³-hybridized carbons (Fsp3) is 0.250. The maximum Gasteiger partial charge on any atom is 0.221 e. The van der Waals surface area contributed by atoms with Crippen LogP contribution in [0.3, 0.4) is 0 Å². The van der Waals surface area contributed by atoms with E-state index in [9.17, 15) is 0 Å². The molecule has 0 amide bonds. The number of aromatic nitrogens is 1. The molecular formula is C12H12BrNO. The third-order valence-electron chi connectivity index (χ3n) is 2.47. The van der Waals surface area contributed by atoms with Crippen molar-refractivity contribution in [3.8, 4) is 5.88 Å². The molecule has 0 spiro atoms. The van der Waals surface area contributed by atoms with Crippen LogP contribution in [-0.4, -0.2) is 12.1 Å². The molecular weight excluding hydrogens is 254 g/mol. The highest BCUT2D eigenvalue weighted by Gasteiger charge is 2.06. The molecule has 1 aromatic carbocycles. The van der Waals surface area contributed by atoms with Crippen LogP contribution in [0, 0.1) is 0 Å². The molecule has 15 heavy (non-hydrogen) atoms. The predicted molar refractivity (Wildman–Crippen MR) is 65.4 cm³/mol. The van der Waals surface area contributed by atoms with E-state index in [1.807, 2.05) is 0 Å². The van der Waals surface area contributed by atoms with E-state index in [1.54, 1.807) is 13.3 Å². The first-order chi connectivity index (χ1) is 7.26. The summed E-state index contributed by atoms with van der Waals surface area (Å²) in [6.45, 7) is 2.15. The van der Waals surface area contributed by atoms with Gasteiger partial charge in [-0.15, -0.1) is 0 Å². The van der Waals surface area contributed by atoms with Crippen LogP contribution in [0.5, 0.6) is 5.88 Å². The summed E-state index contributed by atoms with van der Waals surface area (Å²) in [6, 6.07) is 6.34. The number of hydrogen-bond donors (Lipinski definition) is 0. The first-order valence-electron chi connectivity index (χ1n) is 4.87. The predicted octanol–water partition coefficient (Wildman–Crippen LogP) is 3.57. The second-order valence-electron chi connectivity index (χ2n) is 3.35. The molecule has 0 bridgehead atoms. The largest absolute Gasteiger partial charge is 0.481 e. The second-order valence-corrected chi connectivity index (χ2v) is 4.20. The van der Waals surface area contributed by atoms with Gasteiger partial charge >= 0.3 is 0 Å². The Bertz CT molecular complexity index is 496. The lowest BCUT2D eigenvalue weighted by molar-refractivity contribution is 0.403. The number of hydrogen-bond acceptors (Lipinski definition) is 2. The Morgan fingerprint density at radius 1 is 1.33 bits per heavy atom. The lowest BCUT2D eigenvalue weighted by atomic mass is 10.1. The van der Waals surface area contributed by atoms with Gasteiger partial charge in [0.1, 0.15) is 0 Å². The van der Waals surface area contributed by atoms with Gasteiger partial charge in [0.25, 0.3) is 0 Å². The zero-order chi connectivity index (χ0) is 10.8. The zero-order valence-electron chi connectivity index (χ0n) is 8.75. The first-order valence-corrected chi connectivity index (χ1v) is 5.66. The molecule has 3 heteroatoms. The summed E-state index contributed by atoms with van der Waals surface area (Å²) < 4.78 is 6.23. The van der Waals surface area contributed by atoms with Gasteiger partial charge in [-0.25, -0.2) is 4.98 Å². The van der Waals surface area contributed by atoms with Gasteiger partial charge < -0.3 is 4.74 Å². The lowest BCUT2D eigenvalue weighted by Gasteiger charge is -2.07. The molecule has 0 fully saturated rings.